The molecule has 0 N–H and O–H groups in total. The summed E-state index contributed by atoms with van der Waals surface area (Å²) in [6.07, 6.45) is 6.21. The summed E-state index contributed by atoms with van der Waals surface area (Å²) in [6.45, 7) is 0. The Morgan fingerprint density at radius 3 is 2.60 bits per heavy atom. The topological polar surface area (TPSA) is 90.2 Å². The number of pyridine rings is 2. The second kappa shape index (κ2) is 8.37. The normalized spacial score (nSPS) is 15.3. The Morgan fingerprint density at radius 1 is 0.943 bits per heavy atom. The van der Waals surface area contributed by atoms with Crippen molar-refractivity contribution in [2.24, 2.45) is 0 Å². The fourth-order valence-electron chi connectivity index (χ4n) is 4.30. The molecule has 2 aromatic carbocycles. The third-order valence-electron chi connectivity index (χ3n) is 5.86. The van der Waals surface area contributed by atoms with Crippen molar-refractivity contribution in [1.82, 2.24) is 19.5 Å². The minimum atomic E-state index is -3.93. The van der Waals surface area contributed by atoms with E-state index in [0.717, 1.165) is 5.56 Å². The van der Waals surface area contributed by atoms with E-state index < -0.39 is 16.2 Å². The van der Waals surface area contributed by atoms with Gasteiger partial charge in [0.15, 0.2) is 5.65 Å². The van der Waals surface area contributed by atoms with Crippen molar-refractivity contribution in [3.05, 3.63) is 102 Å². The summed E-state index contributed by atoms with van der Waals surface area (Å²) in [5.41, 5.74) is 2.54. The SMILES string of the molecule is O=S(=O)(c1ccccc1)N1c2cc(Oc3cccnc3)ccc2CC1n1cnc2ncc(Cl)cc21. The quantitative estimate of drug-likeness (QED) is 0.326. The van der Waals surface area contributed by atoms with Crippen molar-refractivity contribution in [1.29, 1.82) is 0 Å². The van der Waals surface area contributed by atoms with Crippen LogP contribution < -0.4 is 9.04 Å². The molecule has 4 heterocycles. The van der Waals surface area contributed by atoms with Crippen LogP contribution >= 0.6 is 11.6 Å². The number of hydrogen-bond acceptors (Lipinski definition) is 6. The van der Waals surface area contributed by atoms with Crippen molar-refractivity contribution in [3.63, 3.8) is 0 Å². The predicted molar refractivity (Wildman–Crippen MR) is 132 cm³/mol. The van der Waals surface area contributed by atoms with Crippen LogP contribution in [0.15, 0.2) is 96.5 Å². The summed E-state index contributed by atoms with van der Waals surface area (Å²) >= 11 is 6.21. The Balaban J connectivity index is 1.50. The minimum Gasteiger partial charge on any atom is -0.456 e. The number of ether oxygens (including phenoxy) is 1. The molecule has 1 aliphatic rings. The van der Waals surface area contributed by atoms with E-state index in [0.29, 0.717) is 39.8 Å². The molecule has 0 saturated carbocycles. The molecule has 0 fully saturated rings. The lowest BCUT2D eigenvalue weighted by atomic mass is 10.1. The molecule has 1 aliphatic heterocycles. The van der Waals surface area contributed by atoms with Crippen LogP contribution in [0.3, 0.4) is 0 Å². The largest absolute Gasteiger partial charge is 0.456 e. The van der Waals surface area contributed by atoms with E-state index in [1.807, 2.05) is 12.1 Å². The Hall–Kier alpha value is -3.95. The monoisotopic (exact) mass is 503 g/mol. The lowest BCUT2D eigenvalue weighted by Gasteiger charge is -2.28. The van der Waals surface area contributed by atoms with Crippen LogP contribution in [0.1, 0.15) is 11.7 Å². The average Bonchev–Trinajstić information content (AvgIpc) is 3.46. The Bertz CT molecular complexity index is 1640. The fourth-order valence-corrected chi connectivity index (χ4v) is 6.11. The minimum absolute atomic E-state index is 0.192. The van der Waals surface area contributed by atoms with Crippen LogP contribution in [0.4, 0.5) is 5.69 Å². The van der Waals surface area contributed by atoms with Gasteiger partial charge in [0.05, 0.1) is 33.6 Å². The highest BCUT2D eigenvalue weighted by atomic mass is 35.5. The number of halogens is 1. The Labute approximate surface area is 206 Å². The van der Waals surface area contributed by atoms with Crippen LogP contribution in [-0.2, 0) is 16.4 Å². The number of rotatable bonds is 5. The van der Waals surface area contributed by atoms with Gasteiger partial charge in [-0.25, -0.2) is 22.7 Å². The van der Waals surface area contributed by atoms with Crippen molar-refractivity contribution in [3.8, 4) is 11.5 Å². The molecule has 0 aliphatic carbocycles. The molecule has 10 heteroatoms. The van der Waals surface area contributed by atoms with Crippen LogP contribution in [0.5, 0.6) is 11.5 Å². The van der Waals surface area contributed by atoms with Gasteiger partial charge < -0.3 is 9.30 Å². The van der Waals surface area contributed by atoms with Gasteiger partial charge in [-0.1, -0.05) is 35.9 Å². The fraction of sp³-hybridized carbons (Fsp3) is 0.0800. The van der Waals surface area contributed by atoms with Crippen molar-refractivity contribution >= 4 is 38.5 Å². The molecular formula is C25H18ClN5O3S. The first kappa shape index (κ1) is 21.6. The molecule has 0 spiro atoms. The number of aromatic nitrogens is 4. The van der Waals surface area contributed by atoms with Gasteiger partial charge in [0.2, 0.25) is 0 Å². The molecule has 0 radical (unpaired) electrons. The van der Waals surface area contributed by atoms with E-state index in [4.69, 9.17) is 16.3 Å². The van der Waals surface area contributed by atoms with Gasteiger partial charge in [0.1, 0.15) is 17.7 Å². The maximum absolute atomic E-state index is 14.0. The zero-order valence-corrected chi connectivity index (χ0v) is 19.8. The maximum atomic E-state index is 14.0. The van der Waals surface area contributed by atoms with Gasteiger partial charge in [0, 0.05) is 24.9 Å². The summed E-state index contributed by atoms with van der Waals surface area (Å²) < 4.78 is 37.1. The summed E-state index contributed by atoms with van der Waals surface area (Å²) in [5, 5.41) is 0.444. The summed E-state index contributed by atoms with van der Waals surface area (Å²) in [5.74, 6) is 1.06. The molecule has 174 valence electrons. The Kier molecular flexibility index (Phi) is 5.16. The first-order valence-corrected chi connectivity index (χ1v) is 12.6. The van der Waals surface area contributed by atoms with Gasteiger partial charge >= 0.3 is 0 Å². The summed E-state index contributed by atoms with van der Waals surface area (Å²) in [6, 6.07) is 19.1. The average molecular weight is 504 g/mol. The van der Waals surface area contributed by atoms with Crippen molar-refractivity contribution in [2.45, 2.75) is 17.5 Å². The highest BCUT2D eigenvalue weighted by Crippen LogP contribution is 2.44. The molecule has 0 saturated heterocycles. The number of imidazole rings is 1. The third kappa shape index (κ3) is 3.78. The molecule has 1 unspecified atom stereocenters. The molecule has 3 aromatic heterocycles. The molecule has 0 bridgehead atoms. The van der Waals surface area contributed by atoms with E-state index in [9.17, 15) is 8.42 Å². The number of benzene rings is 2. The van der Waals surface area contributed by atoms with Gasteiger partial charge in [-0.2, -0.15) is 0 Å². The van der Waals surface area contributed by atoms with Crippen LogP contribution in [0.25, 0.3) is 11.2 Å². The van der Waals surface area contributed by atoms with Crippen LogP contribution in [-0.4, -0.2) is 27.9 Å². The molecular weight excluding hydrogens is 486 g/mol. The molecule has 5 aromatic rings. The molecule has 6 rings (SSSR count). The van der Waals surface area contributed by atoms with Gasteiger partial charge in [0.25, 0.3) is 10.0 Å². The molecule has 1 atom stereocenters. The number of hydrogen-bond donors (Lipinski definition) is 0. The van der Waals surface area contributed by atoms with E-state index in [-0.39, 0.29) is 4.90 Å². The van der Waals surface area contributed by atoms with Gasteiger partial charge in [-0.05, 0) is 42.0 Å². The smallest absolute Gasteiger partial charge is 0.266 e. The Morgan fingerprint density at radius 2 is 1.80 bits per heavy atom. The van der Waals surface area contributed by atoms with E-state index in [1.165, 1.54) is 10.5 Å². The van der Waals surface area contributed by atoms with Crippen LogP contribution in [0.2, 0.25) is 5.02 Å². The third-order valence-corrected chi connectivity index (χ3v) is 7.89. The van der Waals surface area contributed by atoms with Crippen molar-refractivity contribution < 1.29 is 13.2 Å². The molecule has 0 amide bonds. The highest BCUT2D eigenvalue weighted by Gasteiger charge is 2.40. The standard InChI is InChI=1S/C25H18ClN5O3S/c26-18-12-23-25(28-14-18)29-16-30(23)24-11-17-8-9-19(34-20-5-4-10-27-15-20)13-22(17)31(24)35(32,33)21-6-2-1-3-7-21/h1-10,12-16,24H,11H2. The zero-order valence-electron chi connectivity index (χ0n) is 18.2. The number of fused-ring (bicyclic) bond motifs is 2. The highest BCUT2D eigenvalue weighted by molar-refractivity contribution is 7.92. The van der Waals surface area contributed by atoms with E-state index in [2.05, 4.69) is 15.0 Å². The first-order valence-electron chi connectivity index (χ1n) is 10.8. The number of nitrogens with zero attached hydrogens (tertiary/aromatic N) is 5. The van der Waals surface area contributed by atoms with Crippen molar-refractivity contribution in [2.75, 3.05) is 4.31 Å². The lowest BCUT2D eigenvalue weighted by Crippen LogP contribution is -2.35. The lowest BCUT2D eigenvalue weighted by molar-refractivity contribution is 0.480. The number of sulfonamides is 1. The maximum Gasteiger partial charge on any atom is 0.266 e. The van der Waals surface area contributed by atoms with E-state index in [1.54, 1.807) is 77.9 Å². The first-order chi connectivity index (χ1) is 17.0. The van der Waals surface area contributed by atoms with Crippen LogP contribution in [0, 0.1) is 0 Å². The molecule has 8 nitrogen and oxygen atoms in total. The van der Waals surface area contributed by atoms with Gasteiger partial charge in [-0.3, -0.25) is 4.98 Å². The molecule has 35 heavy (non-hydrogen) atoms. The second-order valence-corrected chi connectivity index (χ2v) is 10.3. The van der Waals surface area contributed by atoms with E-state index >= 15 is 0 Å². The zero-order chi connectivity index (χ0) is 24.0. The predicted octanol–water partition coefficient (Wildman–Crippen LogP) is 5.22. The summed E-state index contributed by atoms with van der Waals surface area (Å²) in [4.78, 5) is 12.9. The second-order valence-electron chi connectivity index (χ2n) is 8.03. The summed E-state index contributed by atoms with van der Waals surface area (Å²) in [7, 11) is -3.93. The van der Waals surface area contributed by atoms with Gasteiger partial charge in [-0.15, -0.1) is 0 Å². The number of anilines is 1.